The fourth-order valence-corrected chi connectivity index (χ4v) is 4.62. The molecular formula is C18H18BrN3O5S. The van der Waals surface area contributed by atoms with Crippen molar-refractivity contribution in [3.8, 4) is 0 Å². The molecule has 10 heteroatoms. The SMILES string of the molecule is CN1CCN(C(=O)c2ccc(S(=O)(=O)c3ccc(Br)cc3)c([N+](=O)[O-])c2)CC1. The minimum Gasteiger partial charge on any atom is -0.336 e. The van der Waals surface area contributed by atoms with Crippen LogP contribution in [0.4, 0.5) is 5.69 Å². The van der Waals surface area contributed by atoms with Gasteiger partial charge in [0.05, 0.1) is 9.82 Å². The van der Waals surface area contributed by atoms with Crippen molar-refractivity contribution in [1.29, 1.82) is 0 Å². The molecule has 0 atom stereocenters. The molecule has 1 heterocycles. The van der Waals surface area contributed by atoms with Gasteiger partial charge in [0.25, 0.3) is 11.6 Å². The van der Waals surface area contributed by atoms with Crippen molar-refractivity contribution >= 4 is 37.4 Å². The van der Waals surface area contributed by atoms with E-state index < -0.39 is 25.3 Å². The highest BCUT2D eigenvalue weighted by atomic mass is 79.9. The van der Waals surface area contributed by atoms with E-state index in [4.69, 9.17) is 0 Å². The second kappa shape index (κ2) is 7.98. The maximum absolute atomic E-state index is 12.9. The first-order chi connectivity index (χ1) is 13.2. The Morgan fingerprint density at radius 3 is 2.25 bits per heavy atom. The average molecular weight is 468 g/mol. The number of piperazine rings is 1. The second-order valence-electron chi connectivity index (χ2n) is 6.49. The molecule has 148 valence electrons. The summed E-state index contributed by atoms with van der Waals surface area (Å²) in [6.07, 6.45) is 0. The van der Waals surface area contributed by atoms with Crippen molar-refractivity contribution in [2.45, 2.75) is 9.79 Å². The van der Waals surface area contributed by atoms with Gasteiger partial charge in [0, 0.05) is 42.3 Å². The molecule has 8 nitrogen and oxygen atoms in total. The number of carbonyl (C=O) groups is 1. The first-order valence-electron chi connectivity index (χ1n) is 8.47. The summed E-state index contributed by atoms with van der Waals surface area (Å²) in [6, 6.07) is 9.34. The Balaban J connectivity index is 1.99. The van der Waals surface area contributed by atoms with Gasteiger partial charge < -0.3 is 9.80 Å². The summed E-state index contributed by atoms with van der Waals surface area (Å²) in [5, 5.41) is 11.5. The molecule has 1 aliphatic heterocycles. The number of sulfone groups is 1. The van der Waals surface area contributed by atoms with E-state index in [1.54, 1.807) is 17.0 Å². The number of nitro groups is 1. The summed E-state index contributed by atoms with van der Waals surface area (Å²) in [5.41, 5.74) is -0.506. The standard InChI is InChI=1S/C18H18BrN3O5S/c1-20-8-10-21(11-9-20)18(23)13-2-7-17(16(12-13)22(24)25)28(26,27)15-5-3-14(19)4-6-15/h2-7,12H,8-11H2,1H3. The van der Waals surface area contributed by atoms with Crippen LogP contribution in [0.3, 0.4) is 0 Å². The quantitative estimate of drug-likeness (QED) is 0.505. The zero-order chi connectivity index (χ0) is 20.5. The van der Waals surface area contributed by atoms with E-state index in [-0.39, 0.29) is 16.4 Å². The predicted molar refractivity (Wildman–Crippen MR) is 106 cm³/mol. The zero-order valence-electron chi connectivity index (χ0n) is 15.0. The molecule has 0 unspecified atom stereocenters. The fraction of sp³-hybridized carbons (Fsp3) is 0.278. The minimum atomic E-state index is -4.10. The number of halogens is 1. The number of nitro benzene ring substituents is 1. The van der Waals surface area contributed by atoms with Gasteiger partial charge in [-0.15, -0.1) is 0 Å². The summed E-state index contributed by atoms with van der Waals surface area (Å²) in [5.74, 6) is -0.344. The second-order valence-corrected chi connectivity index (χ2v) is 9.33. The van der Waals surface area contributed by atoms with Crippen LogP contribution in [-0.4, -0.2) is 62.3 Å². The molecule has 1 fully saturated rings. The third-order valence-electron chi connectivity index (χ3n) is 4.61. The summed E-state index contributed by atoms with van der Waals surface area (Å²) < 4.78 is 26.4. The number of rotatable bonds is 4. The number of benzene rings is 2. The van der Waals surface area contributed by atoms with Crippen molar-refractivity contribution in [2.24, 2.45) is 0 Å². The van der Waals surface area contributed by atoms with Gasteiger partial charge in [-0.1, -0.05) is 15.9 Å². The van der Waals surface area contributed by atoms with Crippen molar-refractivity contribution in [2.75, 3.05) is 33.2 Å². The van der Waals surface area contributed by atoms with Crippen LogP contribution in [0.1, 0.15) is 10.4 Å². The maximum Gasteiger partial charge on any atom is 0.289 e. The number of nitrogens with zero attached hydrogens (tertiary/aromatic N) is 3. The number of hydrogen-bond acceptors (Lipinski definition) is 6. The molecule has 1 aliphatic rings. The normalized spacial score (nSPS) is 15.4. The molecule has 0 N–H and O–H groups in total. The van der Waals surface area contributed by atoms with E-state index in [9.17, 15) is 23.3 Å². The summed E-state index contributed by atoms with van der Waals surface area (Å²) in [4.78, 5) is 26.7. The third-order valence-corrected chi connectivity index (χ3v) is 6.95. The lowest BCUT2D eigenvalue weighted by Crippen LogP contribution is -2.47. The largest absolute Gasteiger partial charge is 0.336 e. The minimum absolute atomic E-state index is 0.0584. The van der Waals surface area contributed by atoms with E-state index in [0.717, 1.165) is 12.1 Å². The maximum atomic E-state index is 12.9. The highest BCUT2D eigenvalue weighted by molar-refractivity contribution is 9.10. The Morgan fingerprint density at radius 1 is 1.07 bits per heavy atom. The lowest BCUT2D eigenvalue weighted by atomic mass is 10.1. The molecular weight excluding hydrogens is 450 g/mol. The van der Waals surface area contributed by atoms with Crippen LogP contribution in [0.5, 0.6) is 0 Å². The summed E-state index contributed by atoms with van der Waals surface area (Å²) in [6.45, 7) is 2.46. The first-order valence-corrected chi connectivity index (χ1v) is 10.7. The van der Waals surface area contributed by atoms with E-state index >= 15 is 0 Å². The van der Waals surface area contributed by atoms with Gasteiger partial charge in [-0.05, 0) is 43.4 Å². The van der Waals surface area contributed by atoms with E-state index in [1.165, 1.54) is 18.2 Å². The molecule has 1 saturated heterocycles. The number of hydrogen-bond donors (Lipinski definition) is 0. The van der Waals surface area contributed by atoms with Crippen molar-refractivity contribution in [3.05, 3.63) is 62.6 Å². The van der Waals surface area contributed by atoms with Gasteiger partial charge in [-0.3, -0.25) is 14.9 Å². The summed E-state index contributed by atoms with van der Waals surface area (Å²) in [7, 11) is -2.15. The molecule has 0 spiro atoms. The molecule has 2 aromatic carbocycles. The van der Waals surface area contributed by atoms with E-state index in [1.807, 2.05) is 7.05 Å². The highest BCUT2D eigenvalue weighted by Gasteiger charge is 2.30. The van der Waals surface area contributed by atoms with Gasteiger partial charge in [0.15, 0.2) is 0 Å². The fourth-order valence-electron chi connectivity index (χ4n) is 2.95. The predicted octanol–water partition coefficient (Wildman–Crippen LogP) is 2.58. The van der Waals surface area contributed by atoms with Gasteiger partial charge in [-0.2, -0.15) is 0 Å². The van der Waals surface area contributed by atoms with Gasteiger partial charge in [-0.25, -0.2) is 8.42 Å². The number of carbonyl (C=O) groups excluding carboxylic acids is 1. The van der Waals surface area contributed by atoms with Crippen LogP contribution in [0.25, 0.3) is 0 Å². The first kappa shape index (κ1) is 20.4. The molecule has 2 aromatic rings. The zero-order valence-corrected chi connectivity index (χ0v) is 17.4. The lowest BCUT2D eigenvalue weighted by Gasteiger charge is -2.32. The van der Waals surface area contributed by atoms with Crippen LogP contribution in [0.2, 0.25) is 0 Å². The molecule has 0 aromatic heterocycles. The Bertz CT molecular complexity index is 1020. The number of amides is 1. The Hall–Kier alpha value is -2.30. The average Bonchev–Trinajstić information content (AvgIpc) is 2.68. The molecule has 1 amide bonds. The van der Waals surface area contributed by atoms with Crippen LogP contribution in [-0.2, 0) is 9.84 Å². The lowest BCUT2D eigenvalue weighted by molar-refractivity contribution is -0.387. The van der Waals surface area contributed by atoms with Gasteiger partial charge in [0.2, 0.25) is 9.84 Å². The van der Waals surface area contributed by atoms with Crippen molar-refractivity contribution < 1.29 is 18.1 Å². The Kier molecular flexibility index (Phi) is 5.82. The van der Waals surface area contributed by atoms with E-state index in [2.05, 4.69) is 20.8 Å². The highest BCUT2D eigenvalue weighted by Crippen LogP contribution is 2.31. The molecule has 0 bridgehead atoms. The van der Waals surface area contributed by atoms with Crippen LogP contribution >= 0.6 is 15.9 Å². The molecule has 0 saturated carbocycles. The molecule has 0 radical (unpaired) electrons. The monoisotopic (exact) mass is 467 g/mol. The smallest absolute Gasteiger partial charge is 0.289 e. The third kappa shape index (κ3) is 4.08. The topological polar surface area (TPSA) is 101 Å². The molecule has 0 aliphatic carbocycles. The number of likely N-dealkylation sites (N-methyl/N-ethyl adjacent to an activating group) is 1. The molecule has 28 heavy (non-hydrogen) atoms. The Labute approximate surface area is 170 Å². The van der Waals surface area contributed by atoms with Crippen molar-refractivity contribution in [3.63, 3.8) is 0 Å². The molecule has 3 rings (SSSR count). The van der Waals surface area contributed by atoms with Crippen LogP contribution < -0.4 is 0 Å². The van der Waals surface area contributed by atoms with Gasteiger partial charge >= 0.3 is 0 Å². The van der Waals surface area contributed by atoms with Gasteiger partial charge in [0.1, 0.15) is 4.90 Å². The summed E-state index contributed by atoms with van der Waals surface area (Å²) >= 11 is 3.22. The van der Waals surface area contributed by atoms with Crippen LogP contribution in [0, 0.1) is 10.1 Å². The Morgan fingerprint density at radius 2 is 1.68 bits per heavy atom. The van der Waals surface area contributed by atoms with E-state index in [0.29, 0.717) is 30.7 Å². The van der Waals surface area contributed by atoms with Crippen molar-refractivity contribution in [1.82, 2.24) is 9.80 Å². The van der Waals surface area contributed by atoms with Crippen LogP contribution in [0.15, 0.2) is 56.7 Å².